The molecule has 1 fully saturated rings. The fourth-order valence-electron chi connectivity index (χ4n) is 3.29. The normalized spacial score (nSPS) is 15.5. The van der Waals surface area contributed by atoms with Gasteiger partial charge >= 0.3 is 11.9 Å². The molecule has 0 radical (unpaired) electrons. The highest BCUT2D eigenvalue weighted by Gasteiger charge is 2.36. The van der Waals surface area contributed by atoms with Gasteiger partial charge in [0, 0.05) is 24.3 Å². The van der Waals surface area contributed by atoms with E-state index in [4.69, 9.17) is 4.74 Å². The predicted molar refractivity (Wildman–Crippen MR) is 114 cm³/mol. The summed E-state index contributed by atoms with van der Waals surface area (Å²) in [6.07, 6.45) is 0.899. The van der Waals surface area contributed by atoms with Gasteiger partial charge in [0.1, 0.15) is 0 Å². The summed E-state index contributed by atoms with van der Waals surface area (Å²) in [5, 5.41) is 2.67. The van der Waals surface area contributed by atoms with Crippen molar-refractivity contribution in [2.45, 2.75) is 19.8 Å². The Hall–Kier alpha value is -3.68. The van der Waals surface area contributed by atoms with Crippen molar-refractivity contribution >= 4 is 35.1 Å². The van der Waals surface area contributed by atoms with Crippen molar-refractivity contribution in [3.8, 4) is 0 Å². The largest absolute Gasteiger partial charge is 0.465 e. The Kier molecular flexibility index (Phi) is 7.02. The van der Waals surface area contributed by atoms with Crippen LogP contribution >= 0.6 is 0 Å². The number of hydrogen-bond acceptors (Lipinski definition) is 6. The summed E-state index contributed by atoms with van der Waals surface area (Å²) in [6, 6.07) is 13.8. The van der Waals surface area contributed by atoms with Gasteiger partial charge in [-0.3, -0.25) is 14.4 Å². The minimum Gasteiger partial charge on any atom is -0.465 e. The number of nitrogens with one attached hydrogen (secondary N) is 1. The lowest BCUT2D eigenvalue weighted by Gasteiger charge is -2.16. The Bertz CT molecular complexity index is 969. The van der Waals surface area contributed by atoms with Crippen LogP contribution in [-0.4, -0.2) is 44.0 Å². The summed E-state index contributed by atoms with van der Waals surface area (Å²) in [4.78, 5) is 49.7. The third-order valence-corrected chi connectivity index (χ3v) is 5.05. The molecule has 162 valence electrons. The smallest absolute Gasteiger partial charge is 0.337 e. The molecule has 0 saturated carbocycles. The maximum absolute atomic E-state index is 12.3. The Labute approximate surface area is 180 Å². The maximum Gasteiger partial charge on any atom is 0.337 e. The zero-order chi connectivity index (χ0) is 22.4. The quantitative estimate of drug-likeness (QED) is 0.686. The van der Waals surface area contributed by atoms with E-state index >= 15 is 0 Å². The Balaban J connectivity index is 1.51. The van der Waals surface area contributed by atoms with Crippen molar-refractivity contribution in [3.05, 3.63) is 59.7 Å². The van der Waals surface area contributed by atoms with Crippen molar-refractivity contribution in [2.24, 2.45) is 5.92 Å². The predicted octanol–water partition coefficient (Wildman–Crippen LogP) is 2.57. The molecule has 1 aliphatic heterocycles. The summed E-state index contributed by atoms with van der Waals surface area (Å²) in [5.41, 5.74) is 2.71. The van der Waals surface area contributed by atoms with E-state index in [2.05, 4.69) is 10.1 Å². The third-order valence-electron chi connectivity index (χ3n) is 5.05. The van der Waals surface area contributed by atoms with Gasteiger partial charge in [0.15, 0.2) is 6.61 Å². The molecule has 31 heavy (non-hydrogen) atoms. The van der Waals surface area contributed by atoms with E-state index in [-0.39, 0.29) is 18.9 Å². The molecule has 1 heterocycles. The van der Waals surface area contributed by atoms with E-state index in [9.17, 15) is 19.2 Å². The van der Waals surface area contributed by atoms with Gasteiger partial charge in [-0.15, -0.1) is 0 Å². The van der Waals surface area contributed by atoms with Crippen LogP contribution in [0.2, 0.25) is 0 Å². The van der Waals surface area contributed by atoms with Gasteiger partial charge < -0.3 is 19.7 Å². The average Bonchev–Trinajstić information content (AvgIpc) is 3.19. The molecule has 8 heteroatoms. The topological polar surface area (TPSA) is 102 Å². The number of benzene rings is 2. The summed E-state index contributed by atoms with van der Waals surface area (Å²) >= 11 is 0. The van der Waals surface area contributed by atoms with Gasteiger partial charge in [0.2, 0.25) is 5.91 Å². The SMILES string of the molecule is CCc1ccc(NC(=O)COC(=O)[C@@H]2CC(=O)N(c3ccc(C(=O)OC)cc3)C2)cc1. The first-order valence-corrected chi connectivity index (χ1v) is 9.95. The molecule has 1 saturated heterocycles. The lowest BCUT2D eigenvalue weighted by Crippen LogP contribution is -2.28. The molecule has 0 bridgehead atoms. The van der Waals surface area contributed by atoms with Gasteiger partial charge in [-0.1, -0.05) is 19.1 Å². The lowest BCUT2D eigenvalue weighted by molar-refractivity contribution is -0.151. The molecule has 0 aliphatic carbocycles. The van der Waals surface area contributed by atoms with Crippen LogP contribution in [0.25, 0.3) is 0 Å². The number of amides is 2. The highest BCUT2D eigenvalue weighted by molar-refractivity contribution is 6.00. The van der Waals surface area contributed by atoms with Crippen molar-refractivity contribution in [2.75, 3.05) is 30.5 Å². The first-order chi connectivity index (χ1) is 14.9. The number of esters is 2. The van der Waals surface area contributed by atoms with Crippen LogP contribution in [0.3, 0.4) is 0 Å². The number of carbonyl (C=O) groups excluding carboxylic acids is 4. The van der Waals surface area contributed by atoms with E-state index < -0.39 is 30.4 Å². The summed E-state index contributed by atoms with van der Waals surface area (Å²) in [7, 11) is 1.29. The molecular weight excluding hydrogens is 400 g/mol. The summed E-state index contributed by atoms with van der Waals surface area (Å²) in [5.74, 6) is -2.41. The minimum absolute atomic E-state index is 0.00230. The number of rotatable bonds is 7. The third kappa shape index (κ3) is 5.48. The molecule has 8 nitrogen and oxygen atoms in total. The van der Waals surface area contributed by atoms with Gasteiger partial charge in [0.05, 0.1) is 18.6 Å². The molecule has 0 unspecified atom stereocenters. The summed E-state index contributed by atoms with van der Waals surface area (Å²) < 4.78 is 9.76. The molecule has 3 rings (SSSR count). The lowest BCUT2D eigenvalue weighted by atomic mass is 10.1. The number of methoxy groups -OCH3 is 1. The molecule has 1 atom stereocenters. The second-order valence-electron chi connectivity index (χ2n) is 7.15. The number of aryl methyl sites for hydroxylation is 1. The van der Waals surface area contributed by atoms with Crippen LogP contribution in [0.5, 0.6) is 0 Å². The monoisotopic (exact) mass is 424 g/mol. The van der Waals surface area contributed by atoms with Gasteiger partial charge in [0.25, 0.3) is 5.91 Å². The fourth-order valence-corrected chi connectivity index (χ4v) is 3.29. The van der Waals surface area contributed by atoms with Gasteiger partial charge in [-0.2, -0.15) is 0 Å². The molecule has 0 spiro atoms. The van der Waals surface area contributed by atoms with Crippen molar-refractivity contribution in [1.29, 1.82) is 0 Å². The standard InChI is InChI=1S/C23H24N2O6/c1-3-15-4-8-18(9-5-15)24-20(26)14-31-23(29)17-12-21(27)25(13-17)19-10-6-16(7-11-19)22(28)30-2/h4-11,17H,3,12-14H2,1-2H3,(H,24,26)/t17-/m1/s1. The Morgan fingerprint density at radius 3 is 2.35 bits per heavy atom. The fraction of sp³-hybridized carbons (Fsp3) is 0.304. The second kappa shape index (κ2) is 9.88. The van der Waals surface area contributed by atoms with Crippen LogP contribution in [0.4, 0.5) is 11.4 Å². The first-order valence-electron chi connectivity index (χ1n) is 9.95. The molecule has 2 amide bonds. The Morgan fingerprint density at radius 1 is 1.06 bits per heavy atom. The summed E-state index contributed by atoms with van der Waals surface area (Å²) in [6.45, 7) is 1.77. The Morgan fingerprint density at radius 2 is 1.74 bits per heavy atom. The van der Waals surface area contributed by atoms with E-state index in [0.29, 0.717) is 16.9 Å². The van der Waals surface area contributed by atoms with Crippen LogP contribution in [-0.2, 0) is 30.3 Å². The average molecular weight is 424 g/mol. The highest BCUT2D eigenvalue weighted by Crippen LogP contribution is 2.26. The van der Waals surface area contributed by atoms with Crippen LogP contribution in [0.15, 0.2) is 48.5 Å². The number of nitrogens with zero attached hydrogens (tertiary/aromatic N) is 1. The maximum atomic E-state index is 12.3. The minimum atomic E-state index is -0.663. The highest BCUT2D eigenvalue weighted by atomic mass is 16.5. The zero-order valence-electron chi connectivity index (χ0n) is 17.4. The van der Waals surface area contributed by atoms with Gasteiger partial charge in [-0.05, 0) is 48.4 Å². The van der Waals surface area contributed by atoms with E-state index in [1.807, 2.05) is 19.1 Å². The van der Waals surface area contributed by atoms with Crippen molar-refractivity contribution < 1.29 is 28.7 Å². The molecule has 1 aliphatic rings. The van der Waals surface area contributed by atoms with Crippen LogP contribution in [0.1, 0.15) is 29.3 Å². The number of ether oxygens (including phenoxy) is 2. The number of anilines is 2. The van der Waals surface area contributed by atoms with E-state index in [1.54, 1.807) is 36.4 Å². The van der Waals surface area contributed by atoms with Crippen molar-refractivity contribution in [3.63, 3.8) is 0 Å². The zero-order valence-corrected chi connectivity index (χ0v) is 17.4. The van der Waals surface area contributed by atoms with Gasteiger partial charge in [-0.25, -0.2) is 4.79 Å². The van der Waals surface area contributed by atoms with Crippen molar-refractivity contribution in [1.82, 2.24) is 0 Å². The second-order valence-corrected chi connectivity index (χ2v) is 7.15. The molecular formula is C23H24N2O6. The van der Waals surface area contributed by atoms with Crippen LogP contribution in [0, 0.1) is 5.92 Å². The van der Waals surface area contributed by atoms with Crippen LogP contribution < -0.4 is 10.2 Å². The number of carbonyl (C=O) groups is 4. The van der Waals surface area contributed by atoms with E-state index in [1.165, 1.54) is 12.0 Å². The number of hydrogen-bond donors (Lipinski definition) is 1. The molecule has 2 aromatic rings. The molecule has 2 aromatic carbocycles. The van der Waals surface area contributed by atoms with E-state index in [0.717, 1.165) is 12.0 Å². The molecule has 0 aromatic heterocycles. The molecule has 1 N–H and O–H groups in total. The first kappa shape index (κ1) is 22.0.